The molecule has 7 heteroatoms. The van der Waals surface area contributed by atoms with Gasteiger partial charge >= 0.3 is 5.97 Å². The van der Waals surface area contributed by atoms with Crippen LogP contribution in [0, 0.1) is 20.8 Å². The molecule has 3 rings (SSSR count). The summed E-state index contributed by atoms with van der Waals surface area (Å²) in [6.45, 7) is 8.07. The van der Waals surface area contributed by atoms with Crippen molar-refractivity contribution in [3.63, 3.8) is 0 Å². The van der Waals surface area contributed by atoms with Crippen molar-refractivity contribution in [2.75, 3.05) is 20.7 Å². The van der Waals surface area contributed by atoms with Gasteiger partial charge in [-0.25, -0.2) is 14.8 Å². The minimum Gasteiger partial charge on any atom is -0.505 e. The van der Waals surface area contributed by atoms with Crippen LogP contribution in [0.4, 0.5) is 0 Å². The van der Waals surface area contributed by atoms with E-state index >= 15 is 0 Å². The topological polar surface area (TPSA) is 91.3 Å². The lowest BCUT2D eigenvalue weighted by Crippen LogP contribution is -2.13. The second-order valence-electron chi connectivity index (χ2n) is 6.75. The number of esters is 1. The Hall–Kier alpha value is -2.67. The number of phenolic OH excluding ortho intramolecular Hbond substituents is 1. The molecule has 138 valence electrons. The Morgan fingerprint density at radius 3 is 2.42 bits per heavy atom. The Kier molecular flexibility index (Phi) is 4.58. The fraction of sp³-hybridized carbons (Fsp3) is 0.421. The number of aromatic amines is 1. The molecule has 0 bridgehead atoms. The van der Waals surface area contributed by atoms with Gasteiger partial charge in [-0.3, -0.25) is 0 Å². The number of carbonyl (C=O) groups excluding carboxylic acids is 1. The smallest absolute Gasteiger partial charge is 0.340 e. The fourth-order valence-corrected chi connectivity index (χ4v) is 3.22. The Balaban J connectivity index is 2.51. The molecule has 3 aromatic rings. The van der Waals surface area contributed by atoms with E-state index in [1.165, 1.54) is 0 Å². The van der Waals surface area contributed by atoms with Gasteiger partial charge in [0.2, 0.25) is 0 Å². The van der Waals surface area contributed by atoms with Crippen LogP contribution in [0.3, 0.4) is 0 Å². The Morgan fingerprint density at radius 2 is 1.81 bits per heavy atom. The van der Waals surface area contributed by atoms with E-state index in [1.54, 1.807) is 13.8 Å². The minimum atomic E-state index is -0.431. The van der Waals surface area contributed by atoms with Gasteiger partial charge in [-0.15, -0.1) is 0 Å². The normalized spacial score (nSPS) is 11.7. The predicted molar refractivity (Wildman–Crippen MR) is 101 cm³/mol. The van der Waals surface area contributed by atoms with Crippen LogP contribution in [0.15, 0.2) is 0 Å². The number of hydrogen-bond acceptors (Lipinski definition) is 6. The molecule has 0 aliphatic rings. The summed E-state index contributed by atoms with van der Waals surface area (Å²) in [6.07, 6.45) is 0. The molecule has 2 heterocycles. The lowest BCUT2D eigenvalue weighted by molar-refractivity contribution is 0.0528. The molecule has 2 N–H and O–H groups in total. The van der Waals surface area contributed by atoms with Gasteiger partial charge in [-0.2, -0.15) is 0 Å². The van der Waals surface area contributed by atoms with Gasteiger partial charge in [-0.05, 0) is 41.8 Å². The van der Waals surface area contributed by atoms with E-state index in [4.69, 9.17) is 4.74 Å². The van der Waals surface area contributed by atoms with E-state index in [0.29, 0.717) is 45.3 Å². The van der Waals surface area contributed by atoms with Crippen molar-refractivity contribution >= 4 is 27.9 Å². The summed E-state index contributed by atoms with van der Waals surface area (Å²) in [6, 6.07) is 0. The first-order valence-electron chi connectivity index (χ1n) is 8.59. The summed E-state index contributed by atoms with van der Waals surface area (Å²) in [5.74, 6) is -0.339. The number of nitrogens with zero attached hydrogens (tertiary/aromatic N) is 3. The maximum Gasteiger partial charge on any atom is 0.340 e. The second kappa shape index (κ2) is 6.57. The molecule has 0 radical (unpaired) electrons. The molecule has 26 heavy (non-hydrogen) atoms. The first-order valence-corrected chi connectivity index (χ1v) is 8.59. The van der Waals surface area contributed by atoms with Crippen LogP contribution in [0.1, 0.15) is 39.9 Å². The molecule has 0 saturated heterocycles. The largest absolute Gasteiger partial charge is 0.505 e. The van der Waals surface area contributed by atoms with Crippen LogP contribution < -0.4 is 0 Å². The molecule has 0 amide bonds. The van der Waals surface area contributed by atoms with Crippen LogP contribution in [-0.4, -0.2) is 51.6 Å². The number of benzene rings is 1. The van der Waals surface area contributed by atoms with E-state index in [2.05, 4.69) is 15.0 Å². The quantitative estimate of drug-likeness (QED) is 0.698. The number of rotatable bonds is 4. The molecule has 7 nitrogen and oxygen atoms in total. The van der Waals surface area contributed by atoms with Gasteiger partial charge in [0.25, 0.3) is 0 Å². The molecule has 1 aromatic carbocycles. The highest BCUT2D eigenvalue weighted by molar-refractivity contribution is 6.15. The molecular formula is C19H24N4O3. The number of aromatic hydroxyl groups is 1. The molecule has 0 saturated carbocycles. The summed E-state index contributed by atoms with van der Waals surface area (Å²) >= 11 is 0. The highest BCUT2D eigenvalue weighted by atomic mass is 16.5. The van der Waals surface area contributed by atoms with Gasteiger partial charge in [0, 0.05) is 23.2 Å². The zero-order valence-electron chi connectivity index (χ0n) is 16.0. The maximum absolute atomic E-state index is 12.6. The number of fused-ring (bicyclic) bond motifs is 3. The highest BCUT2D eigenvalue weighted by Crippen LogP contribution is 2.39. The number of carbonyl (C=O) groups is 1. The van der Waals surface area contributed by atoms with Gasteiger partial charge in [0.15, 0.2) is 0 Å². The summed E-state index contributed by atoms with van der Waals surface area (Å²) in [5, 5.41) is 11.6. The summed E-state index contributed by atoms with van der Waals surface area (Å²) < 4.78 is 5.23. The molecule has 0 atom stereocenters. The SMILES string of the molecule is CCOC(=O)c1c(C)nc2c1c(CN(C)C)c(O)c1[nH]c(C)c(C)nc12. The Bertz CT molecular complexity index is 1020. The van der Waals surface area contributed by atoms with Crippen molar-refractivity contribution < 1.29 is 14.6 Å². The van der Waals surface area contributed by atoms with Crippen LogP contribution in [-0.2, 0) is 11.3 Å². The second-order valence-corrected chi connectivity index (χ2v) is 6.75. The summed E-state index contributed by atoms with van der Waals surface area (Å²) in [5.41, 5.74) is 5.00. The predicted octanol–water partition coefficient (Wildman–Crippen LogP) is 2.98. The van der Waals surface area contributed by atoms with E-state index in [0.717, 1.165) is 11.4 Å². The first kappa shape index (κ1) is 18.1. The maximum atomic E-state index is 12.6. The van der Waals surface area contributed by atoms with Crippen molar-refractivity contribution in [2.45, 2.75) is 34.2 Å². The van der Waals surface area contributed by atoms with Gasteiger partial charge in [-0.1, -0.05) is 0 Å². The monoisotopic (exact) mass is 356 g/mol. The average molecular weight is 356 g/mol. The fourth-order valence-electron chi connectivity index (χ4n) is 3.22. The number of nitrogens with one attached hydrogen (secondary N) is 1. The van der Waals surface area contributed by atoms with E-state index < -0.39 is 5.97 Å². The van der Waals surface area contributed by atoms with Crippen molar-refractivity contribution in [1.29, 1.82) is 0 Å². The van der Waals surface area contributed by atoms with Crippen LogP contribution in [0.25, 0.3) is 21.9 Å². The van der Waals surface area contributed by atoms with Crippen LogP contribution >= 0.6 is 0 Å². The molecule has 2 aromatic heterocycles. The van der Waals surface area contributed by atoms with E-state index in [9.17, 15) is 9.90 Å². The number of phenols is 1. The van der Waals surface area contributed by atoms with Gasteiger partial charge < -0.3 is 19.7 Å². The van der Waals surface area contributed by atoms with Crippen LogP contribution in [0.2, 0.25) is 0 Å². The zero-order chi connectivity index (χ0) is 19.2. The van der Waals surface area contributed by atoms with Crippen LogP contribution in [0.5, 0.6) is 5.75 Å². The van der Waals surface area contributed by atoms with Crippen molar-refractivity contribution in [3.8, 4) is 5.75 Å². The third-order valence-corrected chi connectivity index (χ3v) is 4.50. The van der Waals surface area contributed by atoms with Crippen molar-refractivity contribution in [2.24, 2.45) is 0 Å². The van der Waals surface area contributed by atoms with Gasteiger partial charge in [0.05, 0.1) is 29.1 Å². The third kappa shape index (κ3) is 2.78. The standard InChI is InChI=1S/C19H24N4O3/c1-7-26-19(25)13-11(4)22-15-14(13)12(8-23(5)6)18(24)17-16(15)20-9(2)10(3)21-17/h21,24H,7-8H2,1-6H3. The van der Waals surface area contributed by atoms with Crippen molar-refractivity contribution in [3.05, 3.63) is 28.2 Å². The molecule has 0 aliphatic carbocycles. The summed E-state index contributed by atoms with van der Waals surface area (Å²) in [7, 11) is 3.82. The number of aromatic nitrogens is 3. The Morgan fingerprint density at radius 1 is 1.15 bits per heavy atom. The summed E-state index contributed by atoms with van der Waals surface area (Å²) in [4.78, 5) is 27.0. The highest BCUT2D eigenvalue weighted by Gasteiger charge is 2.26. The lowest BCUT2D eigenvalue weighted by atomic mass is 10.0. The van der Waals surface area contributed by atoms with E-state index in [-0.39, 0.29) is 12.4 Å². The van der Waals surface area contributed by atoms with Gasteiger partial charge in [0.1, 0.15) is 16.8 Å². The van der Waals surface area contributed by atoms with E-state index in [1.807, 2.05) is 32.8 Å². The number of aryl methyl sites for hydroxylation is 3. The molecule has 0 aliphatic heterocycles. The molecule has 0 fully saturated rings. The molecule has 0 unspecified atom stereocenters. The molecule has 0 spiro atoms. The zero-order valence-corrected chi connectivity index (χ0v) is 16.0. The number of ether oxygens (including phenoxy) is 1. The third-order valence-electron chi connectivity index (χ3n) is 4.50. The molecular weight excluding hydrogens is 332 g/mol. The number of H-pyrrole nitrogens is 1. The minimum absolute atomic E-state index is 0.0924. The lowest BCUT2D eigenvalue weighted by Gasteiger charge is -2.16. The van der Waals surface area contributed by atoms with Crippen molar-refractivity contribution in [1.82, 2.24) is 19.9 Å². The Labute approximate surface area is 152 Å². The number of hydrogen-bond donors (Lipinski definition) is 2. The average Bonchev–Trinajstić information content (AvgIpc) is 2.90. The first-order chi connectivity index (χ1) is 12.3.